The topological polar surface area (TPSA) is 69.6 Å². The lowest BCUT2D eigenvalue weighted by Crippen LogP contribution is -2.24. The summed E-state index contributed by atoms with van der Waals surface area (Å²) in [6, 6.07) is 7.36. The van der Waals surface area contributed by atoms with Crippen LogP contribution in [0, 0.1) is 13.8 Å². The van der Waals surface area contributed by atoms with Crippen molar-refractivity contribution in [3.05, 3.63) is 41.2 Å². The van der Waals surface area contributed by atoms with Crippen molar-refractivity contribution in [2.24, 2.45) is 0 Å². The number of rotatable bonds is 5. The van der Waals surface area contributed by atoms with E-state index in [0.29, 0.717) is 30.8 Å². The zero-order chi connectivity index (χ0) is 17.6. The van der Waals surface area contributed by atoms with Gasteiger partial charge >= 0.3 is 0 Å². The van der Waals surface area contributed by atoms with Crippen LogP contribution < -0.4 is 14.2 Å². The van der Waals surface area contributed by atoms with Gasteiger partial charge < -0.3 is 14.0 Å². The number of nitrogens with zero attached hydrogens (tertiary/aromatic N) is 1. The van der Waals surface area contributed by atoms with E-state index in [1.54, 1.807) is 12.1 Å². The highest BCUT2D eigenvalue weighted by molar-refractivity contribution is 7.89. The third-order valence-electron chi connectivity index (χ3n) is 4.78. The minimum absolute atomic E-state index is 0.188. The Balaban J connectivity index is 1.53. The number of aromatic nitrogens is 1. The fourth-order valence-electron chi connectivity index (χ4n) is 3.37. The molecular weight excluding hydrogens is 340 g/mol. The summed E-state index contributed by atoms with van der Waals surface area (Å²) in [5.41, 5.74) is 3.35. The molecule has 1 saturated carbocycles. The average Bonchev–Trinajstić information content (AvgIpc) is 3.38. The van der Waals surface area contributed by atoms with Crippen LogP contribution in [0.2, 0.25) is 0 Å². The normalized spacial score (nSPS) is 16.9. The largest absolute Gasteiger partial charge is 0.486 e. The molecular formula is C18H22N2O4S. The first-order valence-corrected chi connectivity index (χ1v) is 10.0. The van der Waals surface area contributed by atoms with Gasteiger partial charge in [-0.25, -0.2) is 13.1 Å². The quantitative estimate of drug-likeness (QED) is 0.888. The summed E-state index contributed by atoms with van der Waals surface area (Å²) in [4.78, 5) is 0.188. The summed E-state index contributed by atoms with van der Waals surface area (Å²) < 4.78 is 41.2. The van der Waals surface area contributed by atoms with E-state index in [9.17, 15) is 8.42 Å². The van der Waals surface area contributed by atoms with E-state index in [2.05, 4.69) is 29.2 Å². The van der Waals surface area contributed by atoms with Gasteiger partial charge in [0.2, 0.25) is 10.0 Å². The Morgan fingerprint density at radius 1 is 1.12 bits per heavy atom. The van der Waals surface area contributed by atoms with Crippen molar-refractivity contribution in [3.63, 3.8) is 0 Å². The van der Waals surface area contributed by atoms with Crippen LogP contribution in [0.5, 0.6) is 11.5 Å². The molecule has 7 heteroatoms. The molecule has 4 rings (SSSR count). The third-order valence-corrected chi connectivity index (χ3v) is 6.18. The Hall–Kier alpha value is -1.99. The summed E-state index contributed by atoms with van der Waals surface area (Å²) in [6.45, 7) is 5.32. The van der Waals surface area contributed by atoms with Crippen LogP contribution in [0.4, 0.5) is 0 Å². The van der Waals surface area contributed by atoms with E-state index in [4.69, 9.17) is 9.47 Å². The molecule has 1 aliphatic heterocycles. The van der Waals surface area contributed by atoms with Gasteiger partial charge in [-0.2, -0.15) is 0 Å². The summed E-state index contributed by atoms with van der Waals surface area (Å²) in [5, 5.41) is 0. The number of hydrogen-bond donors (Lipinski definition) is 1. The summed E-state index contributed by atoms with van der Waals surface area (Å²) in [7, 11) is -3.61. The van der Waals surface area contributed by atoms with E-state index in [1.165, 1.54) is 24.6 Å². The first kappa shape index (κ1) is 16.5. The van der Waals surface area contributed by atoms with Crippen LogP contribution in [0.1, 0.15) is 35.8 Å². The number of sulfonamides is 1. The highest BCUT2D eigenvalue weighted by Gasteiger charge is 2.27. The number of ether oxygens (including phenoxy) is 2. The van der Waals surface area contributed by atoms with Crippen LogP contribution in [0.15, 0.2) is 29.2 Å². The van der Waals surface area contributed by atoms with E-state index in [-0.39, 0.29) is 11.4 Å². The molecule has 1 aliphatic carbocycles. The third kappa shape index (κ3) is 3.14. The Morgan fingerprint density at radius 3 is 2.56 bits per heavy atom. The van der Waals surface area contributed by atoms with Crippen molar-refractivity contribution in [1.29, 1.82) is 0 Å². The molecule has 0 bridgehead atoms. The van der Waals surface area contributed by atoms with Crippen molar-refractivity contribution in [2.75, 3.05) is 13.2 Å². The van der Waals surface area contributed by atoms with Gasteiger partial charge in [0.1, 0.15) is 13.2 Å². The minimum Gasteiger partial charge on any atom is -0.486 e. The maximum Gasteiger partial charge on any atom is 0.241 e. The van der Waals surface area contributed by atoms with Gasteiger partial charge in [-0.3, -0.25) is 0 Å². The van der Waals surface area contributed by atoms with Gasteiger partial charge in [0.05, 0.1) is 4.90 Å². The number of nitrogens with one attached hydrogen (secondary N) is 1. The average molecular weight is 362 g/mol. The second-order valence-corrected chi connectivity index (χ2v) is 8.39. The molecule has 2 aliphatic rings. The molecule has 134 valence electrons. The first-order chi connectivity index (χ1) is 12.0. The van der Waals surface area contributed by atoms with Gasteiger partial charge in [-0.15, -0.1) is 0 Å². The van der Waals surface area contributed by atoms with Crippen LogP contribution in [0.3, 0.4) is 0 Å². The lowest BCUT2D eigenvalue weighted by atomic mass is 10.2. The molecule has 0 unspecified atom stereocenters. The zero-order valence-corrected chi connectivity index (χ0v) is 15.2. The first-order valence-electron chi connectivity index (χ1n) is 8.52. The van der Waals surface area contributed by atoms with Crippen LogP contribution in [-0.2, 0) is 16.6 Å². The standard InChI is InChI=1S/C18H22N2O4S/c1-12-9-14(13(2)20(12)15-3-4-15)11-19-25(21,22)16-5-6-17-18(10-16)24-8-7-23-17/h5-6,9-10,15,19H,3-4,7-8,11H2,1-2H3. The van der Waals surface area contributed by atoms with Crippen molar-refractivity contribution in [3.8, 4) is 11.5 Å². The number of benzene rings is 1. The molecule has 1 aromatic heterocycles. The van der Waals surface area contributed by atoms with E-state index in [0.717, 1.165) is 11.3 Å². The van der Waals surface area contributed by atoms with Gasteiger partial charge in [-0.05, 0) is 50.5 Å². The Morgan fingerprint density at radius 2 is 1.84 bits per heavy atom. The van der Waals surface area contributed by atoms with Crippen molar-refractivity contribution in [1.82, 2.24) is 9.29 Å². The molecule has 2 aromatic rings. The maximum absolute atomic E-state index is 12.6. The van der Waals surface area contributed by atoms with E-state index >= 15 is 0 Å². The predicted molar refractivity (Wildman–Crippen MR) is 93.6 cm³/mol. The van der Waals surface area contributed by atoms with Crippen LogP contribution >= 0.6 is 0 Å². The SMILES string of the molecule is Cc1cc(CNS(=O)(=O)c2ccc3c(c2)OCCO3)c(C)n1C1CC1. The highest BCUT2D eigenvalue weighted by Crippen LogP contribution is 2.38. The van der Waals surface area contributed by atoms with E-state index < -0.39 is 10.0 Å². The van der Waals surface area contributed by atoms with Crippen molar-refractivity contribution >= 4 is 10.0 Å². The smallest absolute Gasteiger partial charge is 0.241 e. The van der Waals surface area contributed by atoms with Crippen LogP contribution in [0.25, 0.3) is 0 Å². The van der Waals surface area contributed by atoms with Crippen molar-refractivity contribution < 1.29 is 17.9 Å². The Bertz CT molecular complexity index is 913. The summed E-state index contributed by atoms with van der Waals surface area (Å²) in [5.74, 6) is 1.05. The molecule has 0 amide bonds. The lowest BCUT2D eigenvalue weighted by molar-refractivity contribution is 0.171. The highest BCUT2D eigenvalue weighted by atomic mass is 32.2. The molecule has 0 saturated heterocycles. The lowest BCUT2D eigenvalue weighted by Gasteiger charge is -2.19. The maximum atomic E-state index is 12.6. The summed E-state index contributed by atoms with van der Waals surface area (Å²) >= 11 is 0. The van der Waals surface area contributed by atoms with Crippen molar-refractivity contribution in [2.45, 2.75) is 44.2 Å². The van der Waals surface area contributed by atoms with Gasteiger partial charge in [0.25, 0.3) is 0 Å². The summed E-state index contributed by atoms with van der Waals surface area (Å²) in [6.07, 6.45) is 2.41. The molecule has 1 N–H and O–H groups in total. The fraction of sp³-hybridized carbons (Fsp3) is 0.444. The molecule has 0 radical (unpaired) electrons. The minimum atomic E-state index is -3.61. The Kier molecular flexibility index (Phi) is 4.00. The molecule has 6 nitrogen and oxygen atoms in total. The van der Waals surface area contributed by atoms with Gasteiger partial charge in [0, 0.05) is 30.0 Å². The Labute approximate surface area is 147 Å². The molecule has 2 heterocycles. The molecule has 0 spiro atoms. The zero-order valence-electron chi connectivity index (χ0n) is 14.4. The second-order valence-electron chi connectivity index (χ2n) is 6.63. The van der Waals surface area contributed by atoms with Gasteiger partial charge in [0.15, 0.2) is 11.5 Å². The molecule has 25 heavy (non-hydrogen) atoms. The number of hydrogen-bond acceptors (Lipinski definition) is 4. The number of aryl methyl sites for hydroxylation is 1. The van der Waals surface area contributed by atoms with E-state index in [1.807, 2.05) is 0 Å². The fourth-order valence-corrected chi connectivity index (χ4v) is 4.39. The van der Waals surface area contributed by atoms with Crippen LogP contribution in [-0.4, -0.2) is 26.2 Å². The monoisotopic (exact) mass is 362 g/mol. The molecule has 1 fully saturated rings. The number of fused-ring (bicyclic) bond motifs is 1. The molecule has 0 atom stereocenters. The van der Waals surface area contributed by atoms with Gasteiger partial charge in [-0.1, -0.05) is 0 Å². The molecule has 1 aromatic carbocycles. The predicted octanol–water partition coefficient (Wildman–Crippen LogP) is 2.69. The second kappa shape index (κ2) is 6.07.